The summed E-state index contributed by atoms with van der Waals surface area (Å²) in [6.07, 6.45) is 2.45. The average molecular weight is 210 g/mol. The van der Waals surface area contributed by atoms with Gasteiger partial charge in [-0.25, -0.2) is 0 Å². The lowest BCUT2D eigenvalue weighted by Crippen LogP contribution is -2.32. The minimum absolute atomic E-state index is 0.254. The van der Waals surface area contributed by atoms with Crippen LogP contribution in [0.4, 0.5) is 0 Å². The Morgan fingerprint density at radius 1 is 1.36 bits per heavy atom. The van der Waals surface area contributed by atoms with E-state index in [9.17, 15) is 0 Å². The van der Waals surface area contributed by atoms with Crippen molar-refractivity contribution in [3.8, 4) is 0 Å². The summed E-state index contributed by atoms with van der Waals surface area (Å²) in [4.78, 5) is 0. The molecule has 1 aromatic carbocycles. The van der Waals surface area contributed by atoms with Crippen molar-refractivity contribution in [2.45, 2.75) is 31.8 Å². The van der Waals surface area contributed by atoms with Gasteiger partial charge in [0.1, 0.15) is 0 Å². The SMILES string of the molecule is Cc1ccccc1CNC1(CCl)CC1. The molecule has 0 aromatic heterocycles. The van der Waals surface area contributed by atoms with Crippen LogP contribution in [0.1, 0.15) is 24.0 Å². The van der Waals surface area contributed by atoms with E-state index >= 15 is 0 Å². The molecule has 0 radical (unpaired) electrons. The highest BCUT2D eigenvalue weighted by molar-refractivity contribution is 6.18. The van der Waals surface area contributed by atoms with E-state index in [0.717, 1.165) is 12.4 Å². The number of nitrogens with one attached hydrogen (secondary N) is 1. The highest BCUT2D eigenvalue weighted by Gasteiger charge is 2.40. The fourth-order valence-electron chi connectivity index (χ4n) is 1.60. The van der Waals surface area contributed by atoms with Gasteiger partial charge in [0.15, 0.2) is 0 Å². The maximum atomic E-state index is 5.90. The highest BCUT2D eigenvalue weighted by atomic mass is 35.5. The summed E-state index contributed by atoms with van der Waals surface area (Å²) >= 11 is 5.90. The predicted molar refractivity (Wildman–Crippen MR) is 60.7 cm³/mol. The topological polar surface area (TPSA) is 12.0 Å². The largest absolute Gasteiger partial charge is 0.306 e. The molecule has 0 unspecified atom stereocenters. The number of hydrogen-bond acceptors (Lipinski definition) is 1. The number of rotatable bonds is 4. The van der Waals surface area contributed by atoms with Crippen LogP contribution in [0.15, 0.2) is 24.3 Å². The third-order valence-electron chi connectivity index (χ3n) is 3.02. The van der Waals surface area contributed by atoms with E-state index in [4.69, 9.17) is 11.6 Å². The van der Waals surface area contributed by atoms with Crippen molar-refractivity contribution in [2.75, 3.05) is 5.88 Å². The zero-order valence-electron chi connectivity index (χ0n) is 8.52. The number of halogens is 1. The molecule has 1 nitrogen and oxygen atoms in total. The second-order valence-corrected chi connectivity index (χ2v) is 4.46. The number of alkyl halides is 1. The quantitative estimate of drug-likeness (QED) is 0.753. The first-order chi connectivity index (χ1) is 6.76. The molecule has 0 bridgehead atoms. The molecule has 14 heavy (non-hydrogen) atoms. The van der Waals surface area contributed by atoms with Gasteiger partial charge in [0.2, 0.25) is 0 Å². The van der Waals surface area contributed by atoms with Crippen molar-refractivity contribution in [2.24, 2.45) is 0 Å². The first-order valence-corrected chi connectivity index (χ1v) is 5.65. The highest BCUT2D eigenvalue weighted by Crippen LogP contribution is 2.36. The maximum Gasteiger partial charge on any atom is 0.0406 e. The van der Waals surface area contributed by atoms with Gasteiger partial charge in [-0.1, -0.05) is 24.3 Å². The lowest BCUT2D eigenvalue weighted by Gasteiger charge is -2.14. The average Bonchev–Trinajstić information content (AvgIpc) is 2.98. The van der Waals surface area contributed by atoms with E-state index in [0.29, 0.717) is 0 Å². The first kappa shape index (κ1) is 10.0. The molecule has 1 aliphatic rings. The Hall–Kier alpha value is -0.530. The monoisotopic (exact) mass is 209 g/mol. The number of hydrogen-bond donors (Lipinski definition) is 1. The van der Waals surface area contributed by atoms with Crippen molar-refractivity contribution in [1.29, 1.82) is 0 Å². The predicted octanol–water partition coefficient (Wildman–Crippen LogP) is 2.86. The summed E-state index contributed by atoms with van der Waals surface area (Å²) in [6.45, 7) is 3.09. The van der Waals surface area contributed by atoms with Crippen molar-refractivity contribution in [1.82, 2.24) is 5.32 Å². The molecule has 1 saturated carbocycles. The molecular weight excluding hydrogens is 194 g/mol. The number of benzene rings is 1. The summed E-state index contributed by atoms with van der Waals surface area (Å²) in [5.74, 6) is 0.735. The molecular formula is C12H16ClN. The second kappa shape index (κ2) is 3.92. The lowest BCUT2D eigenvalue weighted by atomic mass is 10.1. The van der Waals surface area contributed by atoms with Crippen LogP contribution < -0.4 is 5.32 Å². The molecule has 0 spiro atoms. The van der Waals surface area contributed by atoms with E-state index in [-0.39, 0.29) is 5.54 Å². The van der Waals surface area contributed by atoms with Crippen LogP contribution in [0.25, 0.3) is 0 Å². The Balaban J connectivity index is 1.95. The van der Waals surface area contributed by atoms with Gasteiger partial charge in [0.25, 0.3) is 0 Å². The van der Waals surface area contributed by atoms with Crippen LogP contribution in [0.2, 0.25) is 0 Å². The summed E-state index contributed by atoms with van der Waals surface area (Å²) in [7, 11) is 0. The standard InChI is InChI=1S/C12H16ClN/c1-10-4-2-3-5-11(10)8-14-12(9-13)6-7-12/h2-5,14H,6-9H2,1H3. The third-order valence-corrected chi connectivity index (χ3v) is 3.54. The van der Waals surface area contributed by atoms with Gasteiger partial charge in [-0.05, 0) is 30.9 Å². The van der Waals surface area contributed by atoms with Gasteiger partial charge < -0.3 is 5.32 Å². The Morgan fingerprint density at radius 2 is 2.07 bits per heavy atom. The molecule has 2 rings (SSSR count). The van der Waals surface area contributed by atoms with Crippen molar-refractivity contribution >= 4 is 11.6 Å². The van der Waals surface area contributed by atoms with E-state index in [1.165, 1.54) is 24.0 Å². The Bertz CT molecular complexity index is 318. The van der Waals surface area contributed by atoms with E-state index in [1.807, 2.05) is 0 Å². The first-order valence-electron chi connectivity index (χ1n) is 5.11. The molecule has 0 saturated heterocycles. The number of aryl methyl sites for hydroxylation is 1. The van der Waals surface area contributed by atoms with Gasteiger partial charge in [0, 0.05) is 18.0 Å². The molecule has 76 valence electrons. The van der Waals surface area contributed by atoms with E-state index < -0.39 is 0 Å². The Labute approximate surface area is 90.5 Å². The Morgan fingerprint density at radius 3 is 2.64 bits per heavy atom. The molecule has 0 heterocycles. The van der Waals surface area contributed by atoms with Gasteiger partial charge in [-0.15, -0.1) is 11.6 Å². The molecule has 1 aliphatic carbocycles. The van der Waals surface area contributed by atoms with Crippen LogP contribution in [-0.4, -0.2) is 11.4 Å². The lowest BCUT2D eigenvalue weighted by molar-refractivity contribution is 0.542. The van der Waals surface area contributed by atoms with Crippen LogP contribution in [0.5, 0.6) is 0 Å². The minimum Gasteiger partial charge on any atom is -0.306 e. The van der Waals surface area contributed by atoms with Crippen LogP contribution in [0.3, 0.4) is 0 Å². The maximum absolute atomic E-state index is 5.90. The zero-order chi connectivity index (χ0) is 10.0. The van der Waals surface area contributed by atoms with Gasteiger partial charge >= 0.3 is 0 Å². The van der Waals surface area contributed by atoms with Gasteiger partial charge in [-0.2, -0.15) is 0 Å². The fourth-order valence-corrected chi connectivity index (χ4v) is 1.96. The fraction of sp³-hybridized carbons (Fsp3) is 0.500. The van der Waals surface area contributed by atoms with E-state index in [2.05, 4.69) is 36.5 Å². The zero-order valence-corrected chi connectivity index (χ0v) is 9.27. The summed E-state index contributed by atoms with van der Waals surface area (Å²) in [5.41, 5.74) is 2.98. The molecule has 1 aromatic rings. The van der Waals surface area contributed by atoms with Crippen LogP contribution in [0, 0.1) is 6.92 Å². The van der Waals surface area contributed by atoms with Crippen molar-refractivity contribution < 1.29 is 0 Å². The smallest absolute Gasteiger partial charge is 0.0406 e. The molecule has 0 aliphatic heterocycles. The molecule has 1 fully saturated rings. The van der Waals surface area contributed by atoms with Gasteiger partial charge in [0.05, 0.1) is 0 Å². The molecule has 0 atom stereocenters. The van der Waals surface area contributed by atoms with Crippen LogP contribution >= 0.6 is 11.6 Å². The van der Waals surface area contributed by atoms with Crippen molar-refractivity contribution in [3.05, 3.63) is 35.4 Å². The van der Waals surface area contributed by atoms with E-state index in [1.54, 1.807) is 0 Å². The molecule has 0 amide bonds. The summed E-state index contributed by atoms with van der Waals surface area (Å²) in [5, 5.41) is 3.54. The molecule has 2 heteroatoms. The summed E-state index contributed by atoms with van der Waals surface area (Å²) < 4.78 is 0. The Kier molecular flexibility index (Phi) is 2.80. The second-order valence-electron chi connectivity index (χ2n) is 4.19. The third kappa shape index (κ3) is 2.10. The summed E-state index contributed by atoms with van der Waals surface area (Å²) in [6, 6.07) is 8.49. The minimum atomic E-state index is 0.254. The normalized spacial score (nSPS) is 18.1. The van der Waals surface area contributed by atoms with Crippen molar-refractivity contribution in [3.63, 3.8) is 0 Å². The molecule has 1 N–H and O–H groups in total. The van der Waals surface area contributed by atoms with Gasteiger partial charge in [-0.3, -0.25) is 0 Å². The van der Waals surface area contributed by atoms with Crippen LogP contribution in [-0.2, 0) is 6.54 Å².